The Bertz CT molecular complexity index is 368. The molecule has 0 spiro atoms. The van der Waals surface area contributed by atoms with E-state index in [4.69, 9.17) is 4.84 Å². The van der Waals surface area contributed by atoms with Gasteiger partial charge in [0.1, 0.15) is 0 Å². The first-order valence-corrected chi connectivity index (χ1v) is 4.84. The molecule has 2 amide bonds. The summed E-state index contributed by atoms with van der Waals surface area (Å²) in [5, 5.41) is 0. The fourth-order valence-corrected chi connectivity index (χ4v) is 0.859. The number of hydrogen-bond acceptors (Lipinski definition) is 5. The molecule has 0 radical (unpaired) electrons. The van der Waals surface area contributed by atoms with Crippen molar-refractivity contribution in [3.63, 3.8) is 0 Å². The summed E-state index contributed by atoms with van der Waals surface area (Å²) in [6.45, 7) is 1.80. The summed E-state index contributed by atoms with van der Waals surface area (Å²) in [5.41, 5.74) is 3.73. The van der Waals surface area contributed by atoms with E-state index in [-0.39, 0.29) is 6.61 Å². The number of nitrogens with one attached hydrogen (secondary N) is 2. The second-order valence-electron chi connectivity index (χ2n) is 2.73. The number of para-hydroxylation sites is 1. The lowest BCUT2D eigenvalue weighted by molar-refractivity contribution is 0.0458. The van der Waals surface area contributed by atoms with Gasteiger partial charge < -0.3 is 14.4 Å². The Balaban J connectivity index is 2.20. The van der Waals surface area contributed by atoms with Crippen LogP contribution in [-0.2, 0) is 9.57 Å². The number of carbonyl (C=O) groups excluding carboxylic acids is 2. The van der Waals surface area contributed by atoms with Crippen LogP contribution < -0.4 is 15.8 Å². The molecule has 7 heteroatoms. The van der Waals surface area contributed by atoms with Crippen LogP contribution >= 0.6 is 0 Å². The molecular weight excluding hydrogens is 228 g/mol. The van der Waals surface area contributed by atoms with Crippen LogP contribution in [0.1, 0.15) is 6.92 Å². The first-order chi connectivity index (χ1) is 8.22. The molecule has 0 aromatic heterocycles. The van der Waals surface area contributed by atoms with Gasteiger partial charge in [-0.05, 0) is 19.1 Å². The van der Waals surface area contributed by atoms with Gasteiger partial charge in [-0.3, -0.25) is 0 Å². The summed E-state index contributed by atoms with van der Waals surface area (Å²) in [7, 11) is 0. The molecular formula is C10H12N2O5. The average molecular weight is 240 g/mol. The quantitative estimate of drug-likeness (QED) is 0.779. The number of carbonyl (C=O) groups is 2. The van der Waals surface area contributed by atoms with Crippen LogP contribution in [0.15, 0.2) is 30.3 Å². The number of hydroxylamine groups is 2. The summed E-state index contributed by atoms with van der Waals surface area (Å²) < 4.78 is 4.46. The Hall–Kier alpha value is -2.44. The number of rotatable bonds is 3. The molecule has 0 unspecified atom stereocenters. The van der Waals surface area contributed by atoms with Crippen molar-refractivity contribution < 1.29 is 24.0 Å². The van der Waals surface area contributed by atoms with Gasteiger partial charge in [0.15, 0.2) is 5.75 Å². The largest absolute Gasteiger partial charge is 0.465 e. The Kier molecular flexibility index (Phi) is 5.15. The van der Waals surface area contributed by atoms with Crippen LogP contribution in [0.4, 0.5) is 9.59 Å². The van der Waals surface area contributed by atoms with Crippen molar-refractivity contribution in [1.29, 1.82) is 0 Å². The fraction of sp³-hybridized carbons (Fsp3) is 0.200. The number of hydrogen-bond donors (Lipinski definition) is 2. The summed E-state index contributed by atoms with van der Waals surface area (Å²) in [4.78, 5) is 30.9. The molecule has 0 fully saturated rings. The maximum absolute atomic E-state index is 11.0. The van der Waals surface area contributed by atoms with Crippen LogP contribution in [-0.4, -0.2) is 18.8 Å². The third-order valence-electron chi connectivity index (χ3n) is 1.50. The van der Waals surface area contributed by atoms with Gasteiger partial charge in [-0.2, -0.15) is 5.48 Å². The minimum atomic E-state index is -0.970. The molecule has 0 aliphatic heterocycles. The van der Waals surface area contributed by atoms with Crippen molar-refractivity contribution in [3.05, 3.63) is 30.3 Å². The molecule has 1 aromatic carbocycles. The van der Waals surface area contributed by atoms with E-state index in [1.807, 2.05) is 5.48 Å². The zero-order valence-corrected chi connectivity index (χ0v) is 9.14. The highest BCUT2D eigenvalue weighted by Gasteiger charge is 2.06. The number of benzene rings is 1. The summed E-state index contributed by atoms with van der Waals surface area (Å²) in [6, 6.07) is 8.55. The smallest absolute Gasteiger partial charge is 0.448 e. The van der Waals surface area contributed by atoms with Gasteiger partial charge >= 0.3 is 12.2 Å². The monoisotopic (exact) mass is 240 g/mol. The Morgan fingerprint density at radius 3 is 2.47 bits per heavy atom. The fourth-order valence-electron chi connectivity index (χ4n) is 0.859. The maximum atomic E-state index is 11.0. The zero-order valence-electron chi connectivity index (χ0n) is 9.14. The van der Waals surface area contributed by atoms with E-state index in [1.165, 1.54) is 0 Å². The van der Waals surface area contributed by atoms with Crippen LogP contribution in [0.5, 0.6) is 5.75 Å². The first-order valence-electron chi connectivity index (χ1n) is 4.84. The standard InChI is InChI=1S/C10H12N2O5/c1-2-15-9(13)11-17-10(14)12-16-8-6-4-3-5-7-8/h3-7H,2H2,1H3,(H,11,13)(H,12,14). The number of amides is 2. The molecule has 0 saturated carbocycles. The normalized spacial score (nSPS) is 9.00. The molecule has 7 nitrogen and oxygen atoms in total. The lowest BCUT2D eigenvalue weighted by Crippen LogP contribution is -2.35. The SMILES string of the molecule is CCOC(=O)NOC(=O)NOc1ccccc1. The maximum Gasteiger partial charge on any atom is 0.465 e. The van der Waals surface area contributed by atoms with Crippen LogP contribution in [0.2, 0.25) is 0 Å². The van der Waals surface area contributed by atoms with E-state index in [2.05, 4.69) is 9.57 Å². The van der Waals surface area contributed by atoms with Gasteiger partial charge in [-0.25, -0.2) is 9.59 Å². The summed E-state index contributed by atoms with van der Waals surface area (Å²) in [6.07, 6.45) is -1.83. The molecule has 0 heterocycles. The minimum Gasteiger partial charge on any atom is -0.448 e. The Labute approximate surface area is 97.6 Å². The van der Waals surface area contributed by atoms with Gasteiger partial charge in [-0.15, -0.1) is 5.48 Å². The first kappa shape index (κ1) is 12.6. The van der Waals surface area contributed by atoms with Crippen molar-refractivity contribution >= 4 is 12.2 Å². The van der Waals surface area contributed by atoms with E-state index >= 15 is 0 Å². The topological polar surface area (TPSA) is 85.9 Å². The van der Waals surface area contributed by atoms with E-state index in [0.717, 1.165) is 0 Å². The minimum absolute atomic E-state index is 0.178. The van der Waals surface area contributed by atoms with E-state index in [1.54, 1.807) is 42.7 Å². The highest BCUT2D eigenvalue weighted by molar-refractivity contribution is 5.71. The van der Waals surface area contributed by atoms with E-state index < -0.39 is 12.2 Å². The average Bonchev–Trinajstić information content (AvgIpc) is 2.35. The van der Waals surface area contributed by atoms with Crippen molar-refractivity contribution in [2.45, 2.75) is 6.92 Å². The molecule has 0 atom stereocenters. The molecule has 2 N–H and O–H groups in total. The molecule has 0 saturated heterocycles. The lowest BCUT2D eigenvalue weighted by atomic mass is 10.3. The molecule has 0 aliphatic carbocycles. The third-order valence-corrected chi connectivity index (χ3v) is 1.50. The lowest BCUT2D eigenvalue weighted by Gasteiger charge is -2.07. The molecule has 1 rings (SSSR count). The van der Waals surface area contributed by atoms with E-state index in [9.17, 15) is 9.59 Å². The van der Waals surface area contributed by atoms with Gasteiger partial charge in [0.25, 0.3) is 0 Å². The summed E-state index contributed by atoms with van der Waals surface area (Å²) >= 11 is 0. The molecule has 92 valence electrons. The van der Waals surface area contributed by atoms with Gasteiger partial charge in [0.05, 0.1) is 6.61 Å². The van der Waals surface area contributed by atoms with E-state index in [0.29, 0.717) is 5.75 Å². The molecule has 1 aromatic rings. The third kappa shape index (κ3) is 5.26. The zero-order chi connectivity index (χ0) is 12.5. The number of ether oxygens (including phenoxy) is 1. The second kappa shape index (κ2) is 6.94. The predicted molar refractivity (Wildman–Crippen MR) is 56.8 cm³/mol. The van der Waals surface area contributed by atoms with Gasteiger partial charge in [0.2, 0.25) is 0 Å². The second-order valence-corrected chi connectivity index (χ2v) is 2.73. The highest BCUT2D eigenvalue weighted by atomic mass is 16.8. The predicted octanol–water partition coefficient (Wildman–Crippen LogP) is 1.37. The highest BCUT2D eigenvalue weighted by Crippen LogP contribution is 2.06. The molecule has 17 heavy (non-hydrogen) atoms. The molecule has 0 bridgehead atoms. The van der Waals surface area contributed by atoms with Crippen molar-refractivity contribution in [1.82, 2.24) is 11.0 Å². The van der Waals surface area contributed by atoms with Crippen molar-refractivity contribution in [3.8, 4) is 5.75 Å². The van der Waals surface area contributed by atoms with Gasteiger partial charge in [-0.1, -0.05) is 18.2 Å². The molecule has 0 aliphatic rings. The van der Waals surface area contributed by atoms with Crippen molar-refractivity contribution in [2.75, 3.05) is 6.61 Å². The van der Waals surface area contributed by atoms with Crippen LogP contribution in [0.3, 0.4) is 0 Å². The van der Waals surface area contributed by atoms with Crippen molar-refractivity contribution in [2.24, 2.45) is 0 Å². The summed E-state index contributed by atoms with van der Waals surface area (Å²) in [5.74, 6) is 0.431. The van der Waals surface area contributed by atoms with Crippen LogP contribution in [0, 0.1) is 0 Å². The van der Waals surface area contributed by atoms with Crippen LogP contribution in [0.25, 0.3) is 0 Å². The Morgan fingerprint density at radius 2 is 1.82 bits per heavy atom. The van der Waals surface area contributed by atoms with Gasteiger partial charge in [0, 0.05) is 0 Å². The Morgan fingerprint density at radius 1 is 1.12 bits per heavy atom.